The quantitative estimate of drug-likeness (QED) is 0.817. The summed E-state index contributed by atoms with van der Waals surface area (Å²) in [6.07, 6.45) is 4.47. The lowest BCUT2D eigenvalue weighted by Crippen LogP contribution is -2.10. The smallest absolute Gasteiger partial charge is 0.187 e. The second-order valence-electron chi connectivity index (χ2n) is 2.92. The SMILES string of the molecule is Cl.Clc1cnc(S[C@@H]2CCNC2)nc1. The maximum atomic E-state index is 5.68. The first-order valence-electron chi connectivity index (χ1n) is 4.19. The first kappa shape index (κ1) is 12.0. The molecule has 0 bridgehead atoms. The minimum absolute atomic E-state index is 0. The van der Waals surface area contributed by atoms with Gasteiger partial charge in [0.1, 0.15) is 0 Å². The Morgan fingerprint density at radius 3 is 2.71 bits per heavy atom. The average Bonchev–Trinajstić information content (AvgIpc) is 2.62. The fourth-order valence-corrected chi connectivity index (χ4v) is 2.30. The molecule has 2 rings (SSSR count). The molecule has 1 aromatic heterocycles. The Hall–Kier alpha value is -0.0300. The van der Waals surface area contributed by atoms with Gasteiger partial charge in [-0.05, 0) is 13.0 Å². The Labute approximate surface area is 98.5 Å². The highest BCUT2D eigenvalue weighted by atomic mass is 35.5. The number of nitrogens with zero attached hydrogens (tertiary/aromatic N) is 2. The van der Waals surface area contributed by atoms with Gasteiger partial charge in [-0.25, -0.2) is 9.97 Å². The van der Waals surface area contributed by atoms with E-state index in [2.05, 4.69) is 15.3 Å². The zero-order valence-corrected chi connectivity index (χ0v) is 9.83. The van der Waals surface area contributed by atoms with E-state index in [9.17, 15) is 0 Å². The molecule has 1 atom stereocenters. The van der Waals surface area contributed by atoms with Crippen LogP contribution in [0.15, 0.2) is 17.6 Å². The number of thioether (sulfide) groups is 1. The van der Waals surface area contributed by atoms with E-state index < -0.39 is 0 Å². The number of nitrogens with one attached hydrogen (secondary N) is 1. The maximum Gasteiger partial charge on any atom is 0.187 e. The molecule has 0 unspecified atom stereocenters. The van der Waals surface area contributed by atoms with Crippen LogP contribution in [-0.4, -0.2) is 28.3 Å². The third-order valence-corrected chi connectivity index (χ3v) is 3.24. The number of halogens is 2. The van der Waals surface area contributed by atoms with Crippen molar-refractivity contribution >= 4 is 35.8 Å². The summed E-state index contributed by atoms with van der Waals surface area (Å²) in [5.74, 6) is 0. The van der Waals surface area contributed by atoms with Crippen LogP contribution in [-0.2, 0) is 0 Å². The average molecular weight is 252 g/mol. The molecule has 0 spiro atoms. The van der Waals surface area contributed by atoms with Gasteiger partial charge >= 0.3 is 0 Å². The summed E-state index contributed by atoms with van der Waals surface area (Å²) >= 11 is 7.40. The Morgan fingerprint density at radius 2 is 2.14 bits per heavy atom. The first-order valence-corrected chi connectivity index (χ1v) is 5.45. The van der Waals surface area contributed by atoms with Crippen LogP contribution in [0, 0.1) is 0 Å². The Balaban J connectivity index is 0.000000980. The van der Waals surface area contributed by atoms with E-state index >= 15 is 0 Å². The largest absolute Gasteiger partial charge is 0.316 e. The Kier molecular flexibility index (Phi) is 4.95. The van der Waals surface area contributed by atoms with Gasteiger partial charge in [0, 0.05) is 11.8 Å². The lowest BCUT2D eigenvalue weighted by Gasteiger charge is -2.04. The van der Waals surface area contributed by atoms with Crippen molar-refractivity contribution < 1.29 is 0 Å². The third-order valence-electron chi connectivity index (χ3n) is 1.88. The molecule has 1 aliphatic rings. The highest BCUT2D eigenvalue weighted by molar-refractivity contribution is 7.99. The summed E-state index contributed by atoms with van der Waals surface area (Å²) in [6.45, 7) is 2.15. The zero-order chi connectivity index (χ0) is 9.10. The molecule has 1 fully saturated rings. The first-order chi connectivity index (χ1) is 6.34. The van der Waals surface area contributed by atoms with E-state index in [0.717, 1.165) is 18.2 Å². The minimum Gasteiger partial charge on any atom is -0.316 e. The summed E-state index contributed by atoms with van der Waals surface area (Å²) in [5.41, 5.74) is 0. The highest BCUT2D eigenvalue weighted by Crippen LogP contribution is 2.23. The van der Waals surface area contributed by atoms with Crippen LogP contribution in [0.3, 0.4) is 0 Å². The van der Waals surface area contributed by atoms with Crippen LogP contribution in [0.25, 0.3) is 0 Å². The van der Waals surface area contributed by atoms with E-state index in [4.69, 9.17) is 11.6 Å². The molecule has 0 amide bonds. The molecule has 1 N–H and O–H groups in total. The predicted molar refractivity (Wildman–Crippen MR) is 61.4 cm³/mol. The molecule has 14 heavy (non-hydrogen) atoms. The van der Waals surface area contributed by atoms with Crippen molar-refractivity contribution in [1.82, 2.24) is 15.3 Å². The fraction of sp³-hybridized carbons (Fsp3) is 0.500. The molecule has 1 saturated heterocycles. The van der Waals surface area contributed by atoms with Gasteiger partial charge in [0.15, 0.2) is 5.16 Å². The van der Waals surface area contributed by atoms with E-state index in [1.54, 1.807) is 24.2 Å². The van der Waals surface area contributed by atoms with Crippen molar-refractivity contribution in [2.24, 2.45) is 0 Å². The molecular formula is C8H11Cl2N3S. The zero-order valence-electron chi connectivity index (χ0n) is 7.44. The normalized spacial score (nSPS) is 20.5. The van der Waals surface area contributed by atoms with Crippen molar-refractivity contribution in [1.29, 1.82) is 0 Å². The summed E-state index contributed by atoms with van der Waals surface area (Å²) in [7, 11) is 0. The minimum atomic E-state index is 0. The van der Waals surface area contributed by atoms with E-state index in [0.29, 0.717) is 10.3 Å². The topological polar surface area (TPSA) is 37.8 Å². The monoisotopic (exact) mass is 251 g/mol. The molecule has 1 aliphatic heterocycles. The molecule has 0 saturated carbocycles. The molecule has 3 nitrogen and oxygen atoms in total. The fourth-order valence-electron chi connectivity index (χ4n) is 1.24. The van der Waals surface area contributed by atoms with Gasteiger partial charge in [0.2, 0.25) is 0 Å². The van der Waals surface area contributed by atoms with Gasteiger partial charge in [-0.15, -0.1) is 12.4 Å². The second-order valence-corrected chi connectivity index (χ2v) is 4.62. The van der Waals surface area contributed by atoms with Gasteiger partial charge in [-0.1, -0.05) is 23.4 Å². The molecular weight excluding hydrogens is 241 g/mol. The predicted octanol–water partition coefficient (Wildman–Crippen LogP) is 2.01. The molecule has 0 radical (unpaired) electrons. The van der Waals surface area contributed by atoms with Crippen molar-refractivity contribution in [2.45, 2.75) is 16.8 Å². The maximum absolute atomic E-state index is 5.68. The van der Waals surface area contributed by atoms with Crippen LogP contribution < -0.4 is 5.32 Å². The van der Waals surface area contributed by atoms with E-state index in [1.807, 2.05) is 0 Å². The van der Waals surface area contributed by atoms with Crippen molar-refractivity contribution in [3.63, 3.8) is 0 Å². The summed E-state index contributed by atoms with van der Waals surface area (Å²) in [4.78, 5) is 8.27. The Morgan fingerprint density at radius 1 is 1.43 bits per heavy atom. The van der Waals surface area contributed by atoms with Crippen LogP contribution in [0.4, 0.5) is 0 Å². The van der Waals surface area contributed by atoms with Gasteiger partial charge in [-0.2, -0.15) is 0 Å². The van der Waals surface area contributed by atoms with Gasteiger partial charge in [-0.3, -0.25) is 0 Å². The van der Waals surface area contributed by atoms with E-state index in [1.165, 1.54) is 6.42 Å². The van der Waals surface area contributed by atoms with Crippen LogP contribution in [0.5, 0.6) is 0 Å². The summed E-state index contributed by atoms with van der Waals surface area (Å²) in [6, 6.07) is 0. The lowest BCUT2D eigenvalue weighted by molar-refractivity contribution is 0.857. The number of hydrogen-bond acceptors (Lipinski definition) is 4. The molecule has 2 heterocycles. The Bertz CT molecular complexity index is 274. The van der Waals surface area contributed by atoms with Crippen molar-refractivity contribution in [3.8, 4) is 0 Å². The molecule has 6 heteroatoms. The number of aromatic nitrogens is 2. The summed E-state index contributed by atoms with van der Waals surface area (Å²) in [5, 5.41) is 5.32. The molecule has 78 valence electrons. The molecule has 0 aliphatic carbocycles. The molecule has 1 aromatic rings. The van der Waals surface area contributed by atoms with Gasteiger partial charge in [0.05, 0.1) is 17.4 Å². The second kappa shape index (κ2) is 5.75. The van der Waals surface area contributed by atoms with Crippen molar-refractivity contribution in [2.75, 3.05) is 13.1 Å². The van der Waals surface area contributed by atoms with E-state index in [-0.39, 0.29) is 12.4 Å². The van der Waals surface area contributed by atoms with Crippen molar-refractivity contribution in [3.05, 3.63) is 17.4 Å². The van der Waals surface area contributed by atoms with Crippen LogP contribution in [0.2, 0.25) is 5.02 Å². The van der Waals surface area contributed by atoms with Crippen LogP contribution in [0.1, 0.15) is 6.42 Å². The third kappa shape index (κ3) is 3.28. The highest BCUT2D eigenvalue weighted by Gasteiger charge is 2.16. The molecule has 0 aromatic carbocycles. The lowest BCUT2D eigenvalue weighted by atomic mass is 10.4. The number of hydrogen-bond donors (Lipinski definition) is 1. The van der Waals surface area contributed by atoms with Crippen LogP contribution >= 0.6 is 35.8 Å². The van der Waals surface area contributed by atoms with Gasteiger partial charge in [0.25, 0.3) is 0 Å². The number of rotatable bonds is 2. The van der Waals surface area contributed by atoms with Gasteiger partial charge < -0.3 is 5.32 Å². The standard InChI is InChI=1S/C8H10ClN3S.ClH/c9-6-3-11-8(12-4-6)13-7-1-2-10-5-7;/h3-4,7,10H,1-2,5H2;1H/t7-;/m1./s1. The summed E-state index contributed by atoms with van der Waals surface area (Å²) < 4.78 is 0.